The molecule has 0 spiro atoms. The third-order valence-corrected chi connectivity index (χ3v) is 4.09. The van der Waals surface area contributed by atoms with Crippen LogP contribution in [0.15, 0.2) is 30.3 Å². The second-order valence-corrected chi connectivity index (χ2v) is 6.17. The van der Waals surface area contributed by atoms with Crippen LogP contribution in [0.1, 0.15) is 22.8 Å². The minimum Gasteiger partial charge on any atom is -0.492 e. The predicted octanol–water partition coefficient (Wildman–Crippen LogP) is 2.71. The molecular formula is C18H18F3N3O2. The average molecular weight is 365 g/mol. The first kappa shape index (κ1) is 18.2. The van der Waals surface area contributed by atoms with Gasteiger partial charge in [0, 0.05) is 18.7 Å². The molecule has 1 N–H and O–H groups in total. The Morgan fingerprint density at radius 3 is 2.85 bits per heavy atom. The first-order valence-electron chi connectivity index (χ1n) is 8.23. The summed E-state index contributed by atoms with van der Waals surface area (Å²) in [7, 11) is 0. The van der Waals surface area contributed by atoms with Crippen LogP contribution in [0.25, 0.3) is 0 Å². The molecule has 1 aromatic heterocycles. The van der Waals surface area contributed by atoms with Crippen LogP contribution in [0.3, 0.4) is 0 Å². The van der Waals surface area contributed by atoms with E-state index in [2.05, 4.69) is 15.3 Å². The third kappa shape index (κ3) is 4.30. The fraction of sp³-hybridized carbons (Fsp3) is 0.389. The van der Waals surface area contributed by atoms with Crippen molar-refractivity contribution in [3.8, 4) is 5.75 Å². The molecule has 0 aliphatic carbocycles. The first-order valence-corrected chi connectivity index (χ1v) is 8.23. The molecule has 0 radical (unpaired) electrons. The normalized spacial score (nSPS) is 16.5. The molecule has 3 rings (SSSR count). The number of hydrogen-bond acceptors (Lipinski definition) is 4. The van der Waals surface area contributed by atoms with Crippen molar-refractivity contribution in [2.75, 3.05) is 13.2 Å². The SMILES string of the molecule is Cc1cc(C(F)(F)F)nc(CCNC(=O)[C@H]2COc3ccccc3C2)n1. The van der Waals surface area contributed by atoms with Gasteiger partial charge in [0.15, 0.2) is 0 Å². The van der Waals surface area contributed by atoms with Gasteiger partial charge in [0.25, 0.3) is 0 Å². The summed E-state index contributed by atoms with van der Waals surface area (Å²) in [6, 6.07) is 8.43. The largest absolute Gasteiger partial charge is 0.492 e. The molecule has 2 aromatic rings. The highest BCUT2D eigenvalue weighted by Crippen LogP contribution is 2.28. The highest BCUT2D eigenvalue weighted by Gasteiger charge is 2.33. The van der Waals surface area contributed by atoms with E-state index in [1.165, 1.54) is 6.92 Å². The summed E-state index contributed by atoms with van der Waals surface area (Å²) in [5.41, 5.74) is 0.241. The van der Waals surface area contributed by atoms with Crippen molar-refractivity contribution in [1.29, 1.82) is 0 Å². The summed E-state index contributed by atoms with van der Waals surface area (Å²) >= 11 is 0. The zero-order valence-electron chi connectivity index (χ0n) is 14.1. The van der Waals surface area contributed by atoms with Gasteiger partial charge in [0.2, 0.25) is 5.91 Å². The standard InChI is InChI=1S/C18H18F3N3O2/c1-11-8-15(18(19,20)21)24-16(23-11)6-7-22-17(25)13-9-12-4-2-3-5-14(12)26-10-13/h2-5,8,13H,6-7,9-10H2,1H3,(H,22,25)/t13-/m1/s1. The number of carbonyl (C=O) groups excluding carboxylic acids is 1. The summed E-state index contributed by atoms with van der Waals surface area (Å²) in [5.74, 6) is 0.324. The number of fused-ring (bicyclic) bond motifs is 1. The highest BCUT2D eigenvalue weighted by molar-refractivity contribution is 5.79. The topological polar surface area (TPSA) is 64.1 Å². The van der Waals surface area contributed by atoms with Crippen molar-refractivity contribution >= 4 is 5.91 Å². The fourth-order valence-electron chi connectivity index (χ4n) is 2.83. The average Bonchev–Trinajstić information content (AvgIpc) is 2.60. The van der Waals surface area contributed by atoms with E-state index in [9.17, 15) is 18.0 Å². The van der Waals surface area contributed by atoms with Crippen molar-refractivity contribution in [3.63, 3.8) is 0 Å². The van der Waals surface area contributed by atoms with E-state index < -0.39 is 11.9 Å². The van der Waals surface area contributed by atoms with Crippen LogP contribution in [-0.4, -0.2) is 29.0 Å². The lowest BCUT2D eigenvalue weighted by Crippen LogP contribution is -2.38. The minimum absolute atomic E-state index is 0.0582. The second kappa shape index (κ2) is 7.31. The van der Waals surface area contributed by atoms with Crippen LogP contribution < -0.4 is 10.1 Å². The Kier molecular flexibility index (Phi) is 5.11. The van der Waals surface area contributed by atoms with Crippen molar-refractivity contribution in [3.05, 3.63) is 53.1 Å². The molecule has 138 valence electrons. The quantitative estimate of drug-likeness (QED) is 0.905. The number of para-hydroxylation sites is 1. The van der Waals surface area contributed by atoms with Gasteiger partial charge in [-0.1, -0.05) is 18.2 Å². The molecule has 1 atom stereocenters. The van der Waals surface area contributed by atoms with E-state index in [0.717, 1.165) is 17.4 Å². The number of hydrogen-bond donors (Lipinski definition) is 1. The van der Waals surface area contributed by atoms with Crippen LogP contribution in [0, 0.1) is 12.8 Å². The number of aryl methyl sites for hydroxylation is 1. The van der Waals surface area contributed by atoms with E-state index in [4.69, 9.17) is 4.74 Å². The van der Waals surface area contributed by atoms with Crippen molar-refractivity contribution in [2.45, 2.75) is 25.9 Å². The Morgan fingerprint density at radius 2 is 2.08 bits per heavy atom. The summed E-state index contributed by atoms with van der Waals surface area (Å²) in [4.78, 5) is 19.8. The molecule has 26 heavy (non-hydrogen) atoms. The van der Waals surface area contributed by atoms with Gasteiger partial charge in [-0.2, -0.15) is 13.2 Å². The number of aromatic nitrogens is 2. The lowest BCUT2D eigenvalue weighted by atomic mass is 9.96. The maximum atomic E-state index is 12.8. The van der Waals surface area contributed by atoms with Gasteiger partial charge < -0.3 is 10.1 Å². The number of carbonyl (C=O) groups is 1. The van der Waals surface area contributed by atoms with Crippen molar-refractivity contribution < 1.29 is 22.7 Å². The molecule has 0 saturated heterocycles. The van der Waals surface area contributed by atoms with E-state index in [1.807, 2.05) is 24.3 Å². The number of ether oxygens (including phenoxy) is 1. The summed E-state index contributed by atoms with van der Waals surface area (Å²) in [5, 5.41) is 2.73. The number of benzene rings is 1. The molecule has 0 fully saturated rings. The van der Waals surface area contributed by atoms with Crippen LogP contribution in [0.4, 0.5) is 13.2 Å². The van der Waals surface area contributed by atoms with E-state index in [0.29, 0.717) is 6.42 Å². The van der Waals surface area contributed by atoms with Crippen LogP contribution in [0.5, 0.6) is 5.75 Å². The Labute approximate surface area is 148 Å². The van der Waals surface area contributed by atoms with Crippen LogP contribution in [-0.2, 0) is 23.8 Å². The Bertz CT molecular complexity index is 809. The smallest absolute Gasteiger partial charge is 0.433 e. The number of halogens is 3. The number of nitrogens with one attached hydrogen (secondary N) is 1. The molecule has 1 aromatic carbocycles. The molecular weight excluding hydrogens is 347 g/mol. The maximum absolute atomic E-state index is 12.8. The van der Waals surface area contributed by atoms with Crippen molar-refractivity contribution in [2.24, 2.45) is 5.92 Å². The van der Waals surface area contributed by atoms with Gasteiger partial charge >= 0.3 is 6.18 Å². The number of rotatable bonds is 4. The van der Waals surface area contributed by atoms with Crippen LogP contribution >= 0.6 is 0 Å². The fourth-order valence-corrected chi connectivity index (χ4v) is 2.83. The molecule has 0 bridgehead atoms. The molecule has 1 aliphatic heterocycles. The maximum Gasteiger partial charge on any atom is 0.433 e. The highest BCUT2D eigenvalue weighted by atomic mass is 19.4. The predicted molar refractivity (Wildman–Crippen MR) is 87.6 cm³/mol. The molecule has 0 unspecified atom stereocenters. The lowest BCUT2D eigenvalue weighted by molar-refractivity contribution is -0.141. The zero-order chi connectivity index (χ0) is 18.7. The van der Waals surface area contributed by atoms with Gasteiger partial charge in [0.05, 0.1) is 5.92 Å². The molecule has 1 amide bonds. The number of alkyl halides is 3. The summed E-state index contributed by atoms with van der Waals surface area (Å²) in [6.45, 7) is 1.93. The molecule has 5 nitrogen and oxygen atoms in total. The Morgan fingerprint density at radius 1 is 1.31 bits per heavy atom. The molecule has 2 heterocycles. The van der Waals surface area contributed by atoms with E-state index in [1.54, 1.807) is 0 Å². The first-order chi connectivity index (χ1) is 12.3. The van der Waals surface area contributed by atoms with Gasteiger partial charge in [-0.15, -0.1) is 0 Å². The third-order valence-electron chi connectivity index (χ3n) is 4.09. The minimum atomic E-state index is -4.52. The van der Waals surface area contributed by atoms with Gasteiger partial charge in [0.1, 0.15) is 23.9 Å². The Balaban J connectivity index is 1.56. The lowest BCUT2D eigenvalue weighted by Gasteiger charge is -2.24. The summed E-state index contributed by atoms with van der Waals surface area (Å²) < 4.78 is 43.9. The van der Waals surface area contributed by atoms with E-state index in [-0.39, 0.29) is 42.9 Å². The van der Waals surface area contributed by atoms with Gasteiger partial charge in [-0.3, -0.25) is 4.79 Å². The van der Waals surface area contributed by atoms with Crippen molar-refractivity contribution in [1.82, 2.24) is 15.3 Å². The number of amides is 1. The second-order valence-electron chi connectivity index (χ2n) is 6.17. The molecule has 0 saturated carbocycles. The van der Waals surface area contributed by atoms with Gasteiger partial charge in [-0.05, 0) is 31.0 Å². The van der Waals surface area contributed by atoms with Gasteiger partial charge in [-0.25, -0.2) is 9.97 Å². The number of nitrogens with zero attached hydrogens (tertiary/aromatic N) is 2. The monoisotopic (exact) mass is 365 g/mol. The zero-order valence-corrected chi connectivity index (χ0v) is 14.1. The summed E-state index contributed by atoms with van der Waals surface area (Å²) in [6.07, 6.45) is -3.82. The Hall–Kier alpha value is -2.64. The molecule has 1 aliphatic rings. The van der Waals surface area contributed by atoms with Crippen LogP contribution in [0.2, 0.25) is 0 Å². The van der Waals surface area contributed by atoms with E-state index >= 15 is 0 Å². The molecule has 8 heteroatoms.